The van der Waals surface area contributed by atoms with Crippen molar-refractivity contribution in [1.82, 2.24) is 15.6 Å². The summed E-state index contributed by atoms with van der Waals surface area (Å²) < 4.78 is 5.70. The zero-order valence-electron chi connectivity index (χ0n) is 18.5. The molecule has 32 heavy (non-hydrogen) atoms. The van der Waals surface area contributed by atoms with Gasteiger partial charge in [0.2, 0.25) is 11.7 Å². The second-order valence-corrected chi connectivity index (χ2v) is 7.53. The van der Waals surface area contributed by atoms with Gasteiger partial charge in [-0.2, -0.15) is 5.26 Å². The van der Waals surface area contributed by atoms with E-state index in [-0.39, 0.29) is 23.6 Å². The van der Waals surface area contributed by atoms with Crippen LogP contribution in [-0.2, 0) is 4.79 Å². The Balaban J connectivity index is 1.73. The molecule has 0 fully saturated rings. The monoisotopic (exact) mass is 433 g/mol. The molecule has 0 saturated carbocycles. The Labute approximate surface area is 187 Å². The van der Waals surface area contributed by atoms with E-state index in [1.54, 1.807) is 6.08 Å². The molecule has 0 spiro atoms. The van der Waals surface area contributed by atoms with E-state index in [0.29, 0.717) is 24.6 Å². The minimum atomic E-state index is -0.535. The van der Waals surface area contributed by atoms with Gasteiger partial charge >= 0.3 is 0 Å². The van der Waals surface area contributed by atoms with Gasteiger partial charge in [0.05, 0.1) is 18.8 Å². The molecule has 1 atom stereocenters. The molecule has 1 aliphatic heterocycles. The molecule has 1 aromatic carbocycles. The number of carbonyl (C=O) groups is 2. The fraction of sp³-hybridized carbons (Fsp3) is 0.375. The van der Waals surface area contributed by atoms with Gasteiger partial charge in [-0.25, -0.2) is 4.98 Å². The molecule has 0 radical (unpaired) electrons. The molecule has 0 unspecified atom stereocenters. The largest absolute Gasteiger partial charge is 0.431 e. The summed E-state index contributed by atoms with van der Waals surface area (Å²) in [5.41, 5.74) is 2.77. The summed E-state index contributed by atoms with van der Waals surface area (Å²) in [6.07, 6.45) is 5.38. The molecule has 3 rings (SSSR count). The van der Waals surface area contributed by atoms with Gasteiger partial charge in [0.25, 0.3) is 11.8 Å². The maximum atomic E-state index is 12.4. The fourth-order valence-corrected chi connectivity index (χ4v) is 3.31. The third kappa shape index (κ3) is 5.30. The van der Waals surface area contributed by atoms with E-state index in [2.05, 4.69) is 20.6 Å². The van der Waals surface area contributed by atoms with Crippen LogP contribution >= 0.6 is 0 Å². The predicted molar refractivity (Wildman–Crippen MR) is 122 cm³/mol. The van der Waals surface area contributed by atoms with Crippen LogP contribution < -0.4 is 10.6 Å². The standard InChI is InChI=1S/C24H27N5O3/c1-4-18(5-2)28-23(31)21-14-27-24(32-21)16-9-7-8-15(10-16)17-11-20(26-13-17)22(30)29-19(6-3)12-25/h7-11,14,18-19H,4-6,13H2,1-3H3,(H,28,31)(H,29,30)/t19-/m1/s1. The van der Waals surface area contributed by atoms with Gasteiger partial charge in [0, 0.05) is 11.6 Å². The van der Waals surface area contributed by atoms with E-state index < -0.39 is 6.04 Å². The van der Waals surface area contributed by atoms with Crippen molar-refractivity contribution in [2.24, 2.45) is 4.99 Å². The van der Waals surface area contributed by atoms with Crippen molar-refractivity contribution in [3.63, 3.8) is 0 Å². The number of amides is 2. The van der Waals surface area contributed by atoms with E-state index >= 15 is 0 Å². The summed E-state index contributed by atoms with van der Waals surface area (Å²) in [5.74, 6) is -0.120. The topological polar surface area (TPSA) is 120 Å². The molecular weight excluding hydrogens is 406 g/mol. The minimum Gasteiger partial charge on any atom is -0.431 e. The molecule has 8 nitrogen and oxygen atoms in total. The van der Waals surface area contributed by atoms with Crippen LogP contribution in [0, 0.1) is 11.3 Å². The van der Waals surface area contributed by atoms with E-state index in [0.717, 1.165) is 29.5 Å². The molecule has 2 N–H and O–H groups in total. The van der Waals surface area contributed by atoms with Crippen molar-refractivity contribution in [3.05, 3.63) is 47.9 Å². The normalized spacial score (nSPS) is 13.8. The molecular formula is C24H27N5O3. The quantitative estimate of drug-likeness (QED) is 0.627. The molecule has 1 aliphatic rings. The van der Waals surface area contributed by atoms with E-state index in [1.165, 1.54) is 6.20 Å². The van der Waals surface area contributed by atoms with Crippen molar-refractivity contribution in [1.29, 1.82) is 5.26 Å². The highest BCUT2D eigenvalue weighted by Crippen LogP contribution is 2.26. The number of hydrogen-bond donors (Lipinski definition) is 2. The Morgan fingerprint density at radius 2 is 1.88 bits per heavy atom. The Hall–Kier alpha value is -3.73. The van der Waals surface area contributed by atoms with E-state index in [9.17, 15) is 9.59 Å². The number of carbonyl (C=O) groups excluding carboxylic acids is 2. The van der Waals surface area contributed by atoms with Crippen LogP contribution in [0.2, 0.25) is 0 Å². The Bertz CT molecular complexity index is 1090. The Morgan fingerprint density at radius 3 is 2.56 bits per heavy atom. The van der Waals surface area contributed by atoms with Crippen LogP contribution in [0.3, 0.4) is 0 Å². The van der Waals surface area contributed by atoms with Gasteiger partial charge < -0.3 is 15.1 Å². The molecule has 8 heteroatoms. The highest BCUT2D eigenvalue weighted by Gasteiger charge is 2.20. The summed E-state index contributed by atoms with van der Waals surface area (Å²) in [5, 5.41) is 14.6. The lowest BCUT2D eigenvalue weighted by Gasteiger charge is -2.12. The number of aromatic nitrogens is 1. The maximum absolute atomic E-state index is 12.4. The predicted octanol–water partition coefficient (Wildman–Crippen LogP) is 3.52. The maximum Gasteiger partial charge on any atom is 0.288 e. The van der Waals surface area contributed by atoms with Gasteiger partial charge in [0.1, 0.15) is 11.8 Å². The number of aliphatic imine (C=N–C) groups is 1. The van der Waals surface area contributed by atoms with Crippen molar-refractivity contribution in [2.75, 3.05) is 6.54 Å². The lowest BCUT2D eigenvalue weighted by Crippen LogP contribution is -2.37. The van der Waals surface area contributed by atoms with Crippen molar-refractivity contribution < 1.29 is 14.0 Å². The van der Waals surface area contributed by atoms with Crippen molar-refractivity contribution in [3.8, 4) is 17.5 Å². The smallest absolute Gasteiger partial charge is 0.288 e. The van der Waals surface area contributed by atoms with Gasteiger partial charge in [-0.05, 0) is 48.6 Å². The number of hydrogen-bond acceptors (Lipinski definition) is 6. The number of rotatable bonds is 9. The van der Waals surface area contributed by atoms with Crippen molar-refractivity contribution in [2.45, 2.75) is 52.1 Å². The Morgan fingerprint density at radius 1 is 1.12 bits per heavy atom. The first-order valence-corrected chi connectivity index (χ1v) is 10.8. The summed E-state index contributed by atoms with van der Waals surface area (Å²) in [6, 6.07) is 9.13. The summed E-state index contributed by atoms with van der Waals surface area (Å²) in [4.78, 5) is 33.3. The van der Waals surface area contributed by atoms with Gasteiger partial charge in [-0.3, -0.25) is 14.6 Å². The summed E-state index contributed by atoms with van der Waals surface area (Å²) in [6.45, 7) is 6.24. The first-order valence-electron chi connectivity index (χ1n) is 10.8. The highest BCUT2D eigenvalue weighted by atomic mass is 16.4. The zero-order chi connectivity index (χ0) is 23.1. The fourth-order valence-electron chi connectivity index (χ4n) is 3.31. The number of oxazole rings is 1. The van der Waals surface area contributed by atoms with Crippen LogP contribution in [0.1, 0.15) is 56.2 Å². The molecule has 2 amide bonds. The molecule has 0 bridgehead atoms. The highest BCUT2D eigenvalue weighted by molar-refractivity contribution is 6.45. The van der Waals surface area contributed by atoms with Crippen molar-refractivity contribution >= 4 is 23.1 Å². The number of nitriles is 1. The lowest BCUT2D eigenvalue weighted by atomic mass is 10.0. The SMILES string of the molecule is CCC(CC)NC(=O)c1cnc(-c2cccc(C3=CC(C(=O)N[C@@H](C#N)CC)=NC3)c2)o1. The molecule has 166 valence electrons. The first kappa shape index (κ1) is 22.9. The third-order valence-corrected chi connectivity index (χ3v) is 5.36. The van der Waals surface area contributed by atoms with Gasteiger partial charge in [-0.1, -0.05) is 32.9 Å². The average molecular weight is 434 g/mol. The van der Waals surface area contributed by atoms with Gasteiger partial charge in [-0.15, -0.1) is 0 Å². The lowest BCUT2D eigenvalue weighted by molar-refractivity contribution is -0.115. The second-order valence-electron chi connectivity index (χ2n) is 7.53. The molecule has 2 aromatic rings. The first-order chi connectivity index (χ1) is 15.5. The second kappa shape index (κ2) is 10.5. The minimum absolute atomic E-state index is 0.0980. The van der Waals surface area contributed by atoms with Gasteiger partial charge in [0.15, 0.2) is 0 Å². The van der Waals surface area contributed by atoms with E-state index in [1.807, 2.05) is 51.1 Å². The molecule has 2 heterocycles. The van der Waals surface area contributed by atoms with Crippen LogP contribution in [0.15, 0.2) is 45.9 Å². The number of nitrogens with one attached hydrogen (secondary N) is 2. The molecule has 1 aromatic heterocycles. The molecule has 0 saturated heterocycles. The van der Waals surface area contributed by atoms with Crippen LogP contribution in [-0.4, -0.2) is 41.1 Å². The molecule has 0 aliphatic carbocycles. The zero-order valence-corrected chi connectivity index (χ0v) is 18.5. The summed E-state index contributed by atoms with van der Waals surface area (Å²) >= 11 is 0. The number of nitrogens with zero attached hydrogens (tertiary/aromatic N) is 3. The van der Waals surface area contributed by atoms with Crippen LogP contribution in [0.5, 0.6) is 0 Å². The van der Waals surface area contributed by atoms with E-state index in [4.69, 9.17) is 9.68 Å². The van der Waals surface area contributed by atoms with Crippen LogP contribution in [0.4, 0.5) is 0 Å². The number of benzene rings is 1. The average Bonchev–Trinajstić information content (AvgIpc) is 3.51. The van der Waals surface area contributed by atoms with Crippen LogP contribution in [0.25, 0.3) is 17.0 Å². The Kier molecular flexibility index (Phi) is 7.55. The summed E-state index contributed by atoms with van der Waals surface area (Å²) in [7, 11) is 0. The third-order valence-electron chi connectivity index (χ3n) is 5.36.